The van der Waals surface area contributed by atoms with E-state index in [1.165, 1.54) is 0 Å². The van der Waals surface area contributed by atoms with Gasteiger partial charge in [-0.2, -0.15) is 0 Å². The Labute approximate surface area is 179 Å². The predicted molar refractivity (Wildman–Crippen MR) is 120 cm³/mol. The van der Waals surface area contributed by atoms with Crippen LogP contribution in [0, 0.1) is 0 Å². The number of rotatable bonds is 6. The molecule has 0 saturated carbocycles. The highest BCUT2D eigenvalue weighted by molar-refractivity contribution is 8.93. The van der Waals surface area contributed by atoms with Crippen molar-refractivity contribution in [1.29, 1.82) is 0 Å². The van der Waals surface area contributed by atoms with Crippen molar-refractivity contribution in [3.05, 3.63) is 59.1 Å². The molecule has 27 heavy (non-hydrogen) atoms. The SMILES string of the molecule is Br.CCOc1ccc(N(CC(=O)c2ccc(Cl)cc2)C2=NCCCS2)cc1. The lowest BCUT2D eigenvalue weighted by Crippen LogP contribution is -2.35. The number of thioether (sulfide) groups is 1. The molecule has 0 aliphatic carbocycles. The molecule has 0 spiro atoms. The van der Waals surface area contributed by atoms with Crippen LogP contribution >= 0.6 is 40.3 Å². The van der Waals surface area contributed by atoms with Gasteiger partial charge in [0, 0.05) is 28.6 Å². The third-order valence-corrected chi connectivity index (χ3v) is 5.29. The molecule has 0 unspecified atom stereocenters. The minimum absolute atomic E-state index is 0. The molecule has 3 rings (SSSR count). The number of anilines is 1. The van der Waals surface area contributed by atoms with Gasteiger partial charge in [-0.25, -0.2) is 0 Å². The maximum absolute atomic E-state index is 12.8. The Hall–Kier alpha value is -1.50. The highest BCUT2D eigenvalue weighted by Crippen LogP contribution is 2.25. The number of nitrogens with zero attached hydrogens (tertiary/aromatic N) is 2. The molecule has 0 saturated heterocycles. The van der Waals surface area contributed by atoms with E-state index in [0.717, 1.165) is 35.3 Å². The summed E-state index contributed by atoms with van der Waals surface area (Å²) in [6, 6.07) is 14.8. The lowest BCUT2D eigenvalue weighted by Gasteiger charge is -2.27. The first-order valence-electron chi connectivity index (χ1n) is 8.64. The molecule has 0 amide bonds. The summed E-state index contributed by atoms with van der Waals surface area (Å²) >= 11 is 7.62. The molecule has 144 valence electrons. The molecule has 2 aromatic rings. The van der Waals surface area contributed by atoms with Gasteiger partial charge < -0.3 is 9.64 Å². The summed E-state index contributed by atoms with van der Waals surface area (Å²) < 4.78 is 5.51. The quantitative estimate of drug-likeness (QED) is 0.524. The number of benzene rings is 2. The van der Waals surface area contributed by atoms with Crippen molar-refractivity contribution in [2.24, 2.45) is 4.99 Å². The first kappa shape index (κ1) is 21.8. The number of ether oxygens (including phenoxy) is 1. The van der Waals surface area contributed by atoms with Gasteiger partial charge in [0.2, 0.25) is 0 Å². The molecule has 0 N–H and O–H groups in total. The largest absolute Gasteiger partial charge is 0.494 e. The fraction of sp³-hybridized carbons (Fsp3) is 0.300. The molecule has 1 aliphatic heterocycles. The highest BCUT2D eigenvalue weighted by Gasteiger charge is 2.20. The first-order valence-corrected chi connectivity index (χ1v) is 10.00. The van der Waals surface area contributed by atoms with E-state index in [-0.39, 0.29) is 29.3 Å². The van der Waals surface area contributed by atoms with Gasteiger partial charge in [-0.3, -0.25) is 9.79 Å². The average Bonchev–Trinajstić information content (AvgIpc) is 2.68. The summed E-state index contributed by atoms with van der Waals surface area (Å²) in [6.45, 7) is 3.62. The second-order valence-corrected chi connectivity index (χ2v) is 7.31. The van der Waals surface area contributed by atoms with E-state index in [1.54, 1.807) is 36.0 Å². The van der Waals surface area contributed by atoms with Gasteiger partial charge in [0.05, 0.1) is 13.2 Å². The van der Waals surface area contributed by atoms with Crippen LogP contribution in [0.5, 0.6) is 5.75 Å². The zero-order chi connectivity index (χ0) is 18.4. The van der Waals surface area contributed by atoms with Crippen LogP contribution in [0.15, 0.2) is 53.5 Å². The summed E-state index contributed by atoms with van der Waals surface area (Å²) in [4.78, 5) is 19.4. The normalized spacial score (nSPS) is 13.3. The smallest absolute Gasteiger partial charge is 0.182 e. The number of hydrogen-bond donors (Lipinski definition) is 0. The van der Waals surface area contributed by atoms with Crippen molar-refractivity contribution in [3.63, 3.8) is 0 Å². The summed E-state index contributed by atoms with van der Waals surface area (Å²) in [5.74, 6) is 1.87. The number of aliphatic imine (C=N–C) groups is 1. The van der Waals surface area contributed by atoms with Gasteiger partial charge in [0.1, 0.15) is 5.75 Å². The Kier molecular flexibility index (Phi) is 8.67. The van der Waals surface area contributed by atoms with Crippen molar-refractivity contribution in [3.8, 4) is 5.75 Å². The zero-order valence-electron chi connectivity index (χ0n) is 15.1. The highest BCUT2D eigenvalue weighted by atomic mass is 79.9. The van der Waals surface area contributed by atoms with Gasteiger partial charge in [-0.15, -0.1) is 17.0 Å². The van der Waals surface area contributed by atoms with Crippen LogP contribution in [0.2, 0.25) is 5.02 Å². The number of ketones is 1. The Morgan fingerprint density at radius 1 is 1.19 bits per heavy atom. The lowest BCUT2D eigenvalue weighted by atomic mass is 10.1. The summed E-state index contributed by atoms with van der Waals surface area (Å²) in [7, 11) is 0. The van der Waals surface area contributed by atoms with E-state index in [2.05, 4.69) is 4.99 Å². The molecular weight excluding hydrogens is 448 g/mol. The van der Waals surface area contributed by atoms with Crippen molar-refractivity contribution in [2.45, 2.75) is 13.3 Å². The first-order chi connectivity index (χ1) is 12.7. The third kappa shape index (κ3) is 5.99. The van der Waals surface area contributed by atoms with Crippen LogP contribution in [-0.2, 0) is 0 Å². The van der Waals surface area contributed by atoms with Crippen LogP contribution in [0.3, 0.4) is 0 Å². The predicted octanol–water partition coefficient (Wildman–Crippen LogP) is 5.50. The maximum Gasteiger partial charge on any atom is 0.182 e. The molecular formula is C20H22BrClN2O2S. The second-order valence-electron chi connectivity index (χ2n) is 5.81. The number of halogens is 2. The van der Waals surface area contributed by atoms with Gasteiger partial charge in [-0.05, 0) is 61.9 Å². The molecule has 0 radical (unpaired) electrons. The Bertz CT molecular complexity index is 782. The molecule has 1 aliphatic rings. The monoisotopic (exact) mass is 468 g/mol. The Balaban J connectivity index is 0.00000261. The van der Waals surface area contributed by atoms with Gasteiger partial charge in [0.25, 0.3) is 0 Å². The summed E-state index contributed by atoms with van der Waals surface area (Å²) in [5, 5.41) is 1.51. The number of amidine groups is 1. The van der Waals surface area contributed by atoms with E-state index >= 15 is 0 Å². The van der Waals surface area contributed by atoms with Crippen LogP contribution in [0.4, 0.5) is 5.69 Å². The van der Waals surface area contributed by atoms with Crippen molar-refractivity contribution in [2.75, 3.05) is 30.3 Å². The van der Waals surface area contributed by atoms with E-state index in [9.17, 15) is 4.79 Å². The fourth-order valence-electron chi connectivity index (χ4n) is 2.64. The number of carbonyl (C=O) groups is 1. The van der Waals surface area contributed by atoms with E-state index < -0.39 is 0 Å². The van der Waals surface area contributed by atoms with Gasteiger partial charge in [-0.1, -0.05) is 23.4 Å². The molecule has 0 atom stereocenters. The third-order valence-electron chi connectivity index (χ3n) is 3.94. The molecule has 7 heteroatoms. The molecule has 4 nitrogen and oxygen atoms in total. The Morgan fingerprint density at radius 2 is 1.89 bits per heavy atom. The maximum atomic E-state index is 12.8. The van der Waals surface area contributed by atoms with E-state index in [1.807, 2.05) is 36.1 Å². The molecule has 1 heterocycles. The second kappa shape index (κ2) is 10.7. The Morgan fingerprint density at radius 3 is 2.48 bits per heavy atom. The molecule has 0 aromatic heterocycles. The van der Waals surface area contributed by atoms with Crippen molar-refractivity contribution in [1.82, 2.24) is 0 Å². The van der Waals surface area contributed by atoms with Gasteiger partial charge in [0.15, 0.2) is 11.0 Å². The standard InChI is InChI=1S/C20H21ClN2O2S.BrH/c1-2-25-18-10-8-17(9-11-18)23(20-22-12-3-13-26-20)14-19(24)15-4-6-16(21)7-5-15;/h4-11H,2-3,12-14H2,1H3;1H. The van der Waals surface area contributed by atoms with E-state index in [0.29, 0.717) is 17.2 Å². The van der Waals surface area contributed by atoms with Gasteiger partial charge >= 0.3 is 0 Å². The number of carbonyl (C=O) groups excluding carboxylic acids is 1. The zero-order valence-corrected chi connectivity index (χ0v) is 18.3. The van der Waals surface area contributed by atoms with Crippen LogP contribution in [0.25, 0.3) is 0 Å². The minimum Gasteiger partial charge on any atom is -0.494 e. The molecule has 0 fully saturated rings. The minimum atomic E-state index is 0. The topological polar surface area (TPSA) is 41.9 Å². The van der Waals surface area contributed by atoms with Crippen molar-refractivity contribution >= 4 is 57.0 Å². The number of hydrogen-bond acceptors (Lipinski definition) is 5. The summed E-state index contributed by atoms with van der Waals surface area (Å²) in [5.41, 5.74) is 1.58. The van der Waals surface area contributed by atoms with Crippen LogP contribution in [0.1, 0.15) is 23.7 Å². The van der Waals surface area contributed by atoms with Crippen LogP contribution < -0.4 is 9.64 Å². The van der Waals surface area contributed by atoms with Crippen LogP contribution in [-0.4, -0.2) is 36.4 Å². The summed E-state index contributed by atoms with van der Waals surface area (Å²) in [6.07, 6.45) is 1.07. The molecule has 0 bridgehead atoms. The lowest BCUT2D eigenvalue weighted by molar-refractivity contribution is 0.100. The van der Waals surface area contributed by atoms with Crippen molar-refractivity contribution < 1.29 is 9.53 Å². The fourth-order valence-corrected chi connectivity index (χ4v) is 3.73. The number of Topliss-reactive ketones (excluding diaryl/α,β-unsaturated/α-hetero) is 1. The molecule has 2 aromatic carbocycles. The van der Waals surface area contributed by atoms with E-state index in [4.69, 9.17) is 16.3 Å². The average molecular weight is 470 g/mol.